The van der Waals surface area contributed by atoms with Crippen LogP contribution in [-0.2, 0) is 4.79 Å². The number of carbonyl (C=O) groups excluding carboxylic acids is 1. The molecule has 0 spiro atoms. The highest BCUT2D eigenvalue weighted by atomic mass is 16.1. The summed E-state index contributed by atoms with van der Waals surface area (Å²) in [5, 5.41) is 9.17. The summed E-state index contributed by atoms with van der Waals surface area (Å²) in [6, 6.07) is 2.57. The van der Waals surface area contributed by atoms with E-state index >= 15 is 0 Å². The van der Waals surface area contributed by atoms with Crippen molar-refractivity contribution in [3.8, 4) is 6.07 Å². The minimum Gasteiger partial charge on any atom is -0.369 e. The van der Waals surface area contributed by atoms with Crippen molar-refractivity contribution in [1.82, 2.24) is 4.90 Å². The van der Waals surface area contributed by atoms with E-state index in [9.17, 15) is 4.79 Å². The van der Waals surface area contributed by atoms with Gasteiger partial charge in [0.1, 0.15) is 0 Å². The van der Waals surface area contributed by atoms with Crippen LogP contribution in [0.1, 0.15) is 39.0 Å². The van der Waals surface area contributed by atoms with Crippen LogP contribution in [0.15, 0.2) is 0 Å². The van der Waals surface area contributed by atoms with Gasteiger partial charge in [-0.3, -0.25) is 9.69 Å². The Balaban J connectivity index is 2.62. The van der Waals surface area contributed by atoms with Crippen molar-refractivity contribution in [1.29, 1.82) is 5.26 Å². The minimum atomic E-state index is -0.318. The van der Waals surface area contributed by atoms with Gasteiger partial charge in [0.05, 0.1) is 18.5 Å². The summed E-state index contributed by atoms with van der Waals surface area (Å²) in [6.07, 6.45) is 5.53. The van der Waals surface area contributed by atoms with Gasteiger partial charge in [-0.1, -0.05) is 19.8 Å². The van der Waals surface area contributed by atoms with Gasteiger partial charge in [0.15, 0.2) is 0 Å². The molecule has 0 aromatic heterocycles. The van der Waals surface area contributed by atoms with E-state index in [2.05, 4.69) is 13.0 Å². The maximum Gasteiger partial charge on any atom is 0.231 e. The molecule has 0 radical (unpaired) electrons. The Bertz CT molecular complexity index is 298. The van der Waals surface area contributed by atoms with Crippen molar-refractivity contribution in [2.24, 2.45) is 17.6 Å². The van der Waals surface area contributed by atoms with Gasteiger partial charge in [0, 0.05) is 6.04 Å². The predicted octanol–water partition coefficient (Wildman–Crippen LogP) is 1.51. The third-order valence-corrected chi connectivity index (χ3v) is 3.76. The number of amides is 1. The molecule has 0 aromatic carbocycles. The van der Waals surface area contributed by atoms with E-state index < -0.39 is 0 Å². The SMILES string of the molecule is CCCC1CCC(C#N)C(N(C)CC(N)=O)C1. The van der Waals surface area contributed by atoms with Gasteiger partial charge in [-0.15, -0.1) is 0 Å². The largest absolute Gasteiger partial charge is 0.369 e. The molecule has 0 aromatic rings. The lowest BCUT2D eigenvalue weighted by molar-refractivity contribution is -0.119. The lowest BCUT2D eigenvalue weighted by Gasteiger charge is -2.38. The maximum atomic E-state index is 11.0. The zero-order valence-corrected chi connectivity index (χ0v) is 10.9. The van der Waals surface area contributed by atoms with E-state index in [0.717, 1.165) is 19.3 Å². The van der Waals surface area contributed by atoms with Crippen molar-refractivity contribution in [3.63, 3.8) is 0 Å². The number of primary amides is 1. The average molecular weight is 237 g/mol. The van der Waals surface area contributed by atoms with Crippen LogP contribution in [0.25, 0.3) is 0 Å². The zero-order valence-electron chi connectivity index (χ0n) is 10.9. The summed E-state index contributed by atoms with van der Waals surface area (Å²) in [7, 11) is 1.90. The fourth-order valence-corrected chi connectivity index (χ4v) is 2.90. The van der Waals surface area contributed by atoms with Crippen LogP contribution in [0, 0.1) is 23.2 Å². The Hall–Kier alpha value is -1.08. The lowest BCUT2D eigenvalue weighted by atomic mass is 9.76. The van der Waals surface area contributed by atoms with Crippen LogP contribution in [-0.4, -0.2) is 30.4 Å². The van der Waals surface area contributed by atoms with Crippen LogP contribution < -0.4 is 5.73 Å². The normalized spacial score (nSPS) is 28.9. The molecule has 1 aliphatic carbocycles. The highest BCUT2D eigenvalue weighted by Crippen LogP contribution is 2.33. The highest BCUT2D eigenvalue weighted by Gasteiger charge is 2.33. The van der Waals surface area contributed by atoms with E-state index in [1.165, 1.54) is 12.8 Å². The first-order valence-electron chi connectivity index (χ1n) is 6.46. The molecule has 1 aliphatic rings. The summed E-state index contributed by atoms with van der Waals surface area (Å²) >= 11 is 0. The lowest BCUT2D eigenvalue weighted by Crippen LogP contribution is -2.45. The summed E-state index contributed by atoms with van der Waals surface area (Å²) in [6.45, 7) is 2.44. The van der Waals surface area contributed by atoms with Crippen molar-refractivity contribution in [2.45, 2.75) is 45.1 Å². The molecule has 0 saturated heterocycles. The topological polar surface area (TPSA) is 70.1 Å². The Morgan fingerprint density at radius 2 is 2.24 bits per heavy atom. The molecule has 1 amide bonds. The number of likely N-dealkylation sites (N-methyl/N-ethyl adjacent to an activating group) is 1. The van der Waals surface area contributed by atoms with E-state index in [0.29, 0.717) is 5.92 Å². The van der Waals surface area contributed by atoms with Gasteiger partial charge >= 0.3 is 0 Å². The fraction of sp³-hybridized carbons (Fsp3) is 0.846. The second-order valence-corrected chi connectivity index (χ2v) is 5.15. The standard InChI is InChI=1S/C13H23N3O/c1-3-4-10-5-6-11(8-14)12(7-10)16(2)9-13(15)17/h10-12H,3-7,9H2,1-2H3,(H2,15,17). The number of rotatable bonds is 5. The average Bonchev–Trinajstić information content (AvgIpc) is 2.28. The summed E-state index contributed by atoms with van der Waals surface area (Å²) in [5.74, 6) is 0.430. The minimum absolute atomic E-state index is 0.0486. The van der Waals surface area contributed by atoms with Gasteiger partial charge in [0.2, 0.25) is 5.91 Å². The summed E-state index contributed by atoms with van der Waals surface area (Å²) in [4.78, 5) is 12.9. The van der Waals surface area contributed by atoms with Crippen LogP contribution in [0.3, 0.4) is 0 Å². The Morgan fingerprint density at radius 3 is 2.76 bits per heavy atom. The molecule has 4 heteroatoms. The predicted molar refractivity (Wildman–Crippen MR) is 67.0 cm³/mol. The fourth-order valence-electron chi connectivity index (χ4n) is 2.90. The summed E-state index contributed by atoms with van der Waals surface area (Å²) in [5.41, 5.74) is 5.22. The highest BCUT2D eigenvalue weighted by molar-refractivity contribution is 5.75. The first-order chi connectivity index (χ1) is 8.08. The molecular formula is C13H23N3O. The second kappa shape index (κ2) is 6.61. The van der Waals surface area contributed by atoms with Gasteiger partial charge in [0.25, 0.3) is 0 Å². The van der Waals surface area contributed by atoms with Crippen molar-refractivity contribution in [3.05, 3.63) is 0 Å². The Kier molecular flexibility index (Phi) is 5.43. The molecule has 3 unspecified atom stereocenters. The Morgan fingerprint density at radius 1 is 1.53 bits per heavy atom. The molecular weight excluding hydrogens is 214 g/mol. The molecule has 1 rings (SSSR count). The number of carbonyl (C=O) groups is 1. The molecule has 4 nitrogen and oxygen atoms in total. The number of nitriles is 1. The smallest absolute Gasteiger partial charge is 0.231 e. The van der Waals surface area contributed by atoms with Crippen molar-refractivity contribution in [2.75, 3.05) is 13.6 Å². The van der Waals surface area contributed by atoms with Gasteiger partial charge in [-0.05, 0) is 32.2 Å². The Labute approximate surface area is 104 Å². The third kappa shape index (κ3) is 4.01. The molecule has 2 N–H and O–H groups in total. The van der Waals surface area contributed by atoms with Crippen molar-refractivity contribution < 1.29 is 4.79 Å². The number of nitrogens with zero attached hydrogens (tertiary/aromatic N) is 2. The van der Waals surface area contributed by atoms with E-state index in [4.69, 9.17) is 11.0 Å². The van der Waals surface area contributed by atoms with Crippen LogP contribution in [0.2, 0.25) is 0 Å². The first-order valence-corrected chi connectivity index (χ1v) is 6.46. The molecule has 0 bridgehead atoms. The summed E-state index contributed by atoms with van der Waals surface area (Å²) < 4.78 is 0. The van der Waals surface area contributed by atoms with Gasteiger partial charge < -0.3 is 5.73 Å². The maximum absolute atomic E-state index is 11.0. The monoisotopic (exact) mass is 237 g/mol. The van der Waals surface area contributed by atoms with Crippen LogP contribution in [0.4, 0.5) is 0 Å². The molecule has 96 valence electrons. The molecule has 3 atom stereocenters. The van der Waals surface area contributed by atoms with Crippen LogP contribution in [0.5, 0.6) is 0 Å². The second-order valence-electron chi connectivity index (χ2n) is 5.15. The number of nitrogens with two attached hydrogens (primary N) is 1. The van der Waals surface area contributed by atoms with E-state index in [1.54, 1.807) is 0 Å². The van der Waals surface area contributed by atoms with Gasteiger partial charge in [-0.2, -0.15) is 5.26 Å². The first kappa shape index (κ1) is 14.0. The molecule has 0 heterocycles. The molecule has 17 heavy (non-hydrogen) atoms. The zero-order chi connectivity index (χ0) is 12.8. The van der Waals surface area contributed by atoms with Crippen LogP contribution >= 0.6 is 0 Å². The third-order valence-electron chi connectivity index (χ3n) is 3.76. The van der Waals surface area contributed by atoms with Gasteiger partial charge in [-0.25, -0.2) is 0 Å². The molecule has 1 saturated carbocycles. The van der Waals surface area contributed by atoms with E-state index in [1.807, 2.05) is 11.9 Å². The quantitative estimate of drug-likeness (QED) is 0.788. The number of hydrogen-bond acceptors (Lipinski definition) is 3. The van der Waals surface area contributed by atoms with Crippen molar-refractivity contribution >= 4 is 5.91 Å². The van der Waals surface area contributed by atoms with E-state index in [-0.39, 0.29) is 24.4 Å². The number of hydrogen-bond donors (Lipinski definition) is 1. The molecule has 1 fully saturated rings. The molecule has 0 aliphatic heterocycles.